The molecular formula is C23H29F. The number of halogens is 1. The molecule has 1 aliphatic carbocycles. The Morgan fingerprint density at radius 2 is 1.50 bits per heavy atom. The van der Waals surface area contributed by atoms with Gasteiger partial charge >= 0.3 is 0 Å². The number of aryl methyl sites for hydroxylation is 1. The first-order valence-corrected chi connectivity index (χ1v) is 9.59. The Morgan fingerprint density at radius 1 is 0.833 bits per heavy atom. The zero-order valence-corrected chi connectivity index (χ0v) is 14.8. The second-order valence-electron chi connectivity index (χ2n) is 7.42. The van der Waals surface area contributed by atoms with Crippen molar-refractivity contribution in [1.29, 1.82) is 0 Å². The van der Waals surface area contributed by atoms with E-state index >= 15 is 0 Å². The van der Waals surface area contributed by atoms with Gasteiger partial charge in [0, 0.05) is 0 Å². The molecule has 0 aliphatic heterocycles. The van der Waals surface area contributed by atoms with Crippen LogP contribution in [0.15, 0.2) is 48.5 Å². The highest BCUT2D eigenvalue weighted by molar-refractivity contribution is 5.63. The fourth-order valence-electron chi connectivity index (χ4n) is 4.12. The minimum Gasteiger partial charge on any atom is -0.207 e. The summed E-state index contributed by atoms with van der Waals surface area (Å²) >= 11 is 0. The number of benzene rings is 2. The Kier molecular flexibility index (Phi) is 6.07. The summed E-state index contributed by atoms with van der Waals surface area (Å²) < 4.78 is 13.3. The lowest BCUT2D eigenvalue weighted by Crippen LogP contribution is -2.15. The van der Waals surface area contributed by atoms with Crippen molar-refractivity contribution in [3.63, 3.8) is 0 Å². The molecule has 0 amide bonds. The first-order chi connectivity index (χ1) is 11.7. The molecule has 1 fully saturated rings. The summed E-state index contributed by atoms with van der Waals surface area (Å²) in [7, 11) is 0. The van der Waals surface area contributed by atoms with Gasteiger partial charge in [0.05, 0.1) is 0 Å². The molecule has 0 aromatic heterocycles. The van der Waals surface area contributed by atoms with Crippen molar-refractivity contribution in [2.45, 2.75) is 58.3 Å². The lowest BCUT2D eigenvalue weighted by Gasteiger charge is -2.28. The second-order valence-corrected chi connectivity index (χ2v) is 7.42. The molecule has 0 atom stereocenters. The molecule has 1 saturated carbocycles. The molecule has 0 bridgehead atoms. The van der Waals surface area contributed by atoms with Crippen LogP contribution in [0.4, 0.5) is 4.39 Å². The molecule has 1 heteroatoms. The highest BCUT2D eigenvalue weighted by Gasteiger charge is 2.20. The normalized spacial score (nSPS) is 20.9. The van der Waals surface area contributed by atoms with Gasteiger partial charge in [0.15, 0.2) is 0 Å². The summed E-state index contributed by atoms with van der Waals surface area (Å²) in [4.78, 5) is 0. The van der Waals surface area contributed by atoms with E-state index in [0.717, 1.165) is 23.0 Å². The zero-order chi connectivity index (χ0) is 16.8. The molecule has 1 aliphatic rings. The zero-order valence-electron chi connectivity index (χ0n) is 14.8. The van der Waals surface area contributed by atoms with E-state index < -0.39 is 0 Å². The lowest BCUT2D eigenvalue weighted by molar-refractivity contribution is 0.252. The van der Waals surface area contributed by atoms with Gasteiger partial charge in [0.2, 0.25) is 0 Å². The largest absolute Gasteiger partial charge is 0.207 e. The molecular weight excluding hydrogens is 295 g/mol. The van der Waals surface area contributed by atoms with Crippen LogP contribution in [0.25, 0.3) is 11.1 Å². The summed E-state index contributed by atoms with van der Waals surface area (Å²) in [5.41, 5.74) is 3.46. The summed E-state index contributed by atoms with van der Waals surface area (Å²) in [6.07, 6.45) is 11.0. The quantitative estimate of drug-likeness (QED) is 0.535. The van der Waals surface area contributed by atoms with Crippen LogP contribution in [0.2, 0.25) is 0 Å². The van der Waals surface area contributed by atoms with Crippen molar-refractivity contribution in [3.8, 4) is 11.1 Å². The van der Waals surface area contributed by atoms with Crippen LogP contribution in [0.1, 0.15) is 57.4 Å². The summed E-state index contributed by atoms with van der Waals surface area (Å²) in [6.45, 7) is 2.31. The predicted octanol–water partition coefficient (Wildman–Crippen LogP) is 7.03. The Hall–Kier alpha value is -1.63. The van der Waals surface area contributed by atoms with Gasteiger partial charge in [0.25, 0.3) is 0 Å². The predicted molar refractivity (Wildman–Crippen MR) is 101 cm³/mol. The molecule has 24 heavy (non-hydrogen) atoms. The monoisotopic (exact) mass is 324 g/mol. The van der Waals surface area contributed by atoms with Gasteiger partial charge in [-0.3, -0.25) is 0 Å². The Balaban J connectivity index is 1.50. The van der Waals surface area contributed by atoms with Crippen LogP contribution in [0.3, 0.4) is 0 Å². The third-order valence-electron chi connectivity index (χ3n) is 5.62. The summed E-state index contributed by atoms with van der Waals surface area (Å²) in [5, 5.41) is 0. The van der Waals surface area contributed by atoms with E-state index in [9.17, 15) is 4.39 Å². The second kappa shape index (κ2) is 8.46. The Morgan fingerprint density at radius 3 is 2.12 bits per heavy atom. The van der Waals surface area contributed by atoms with E-state index in [2.05, 4.69) is 31.2 Å². The highest BCUT2D eigenvalue weighted by atomic mass is 19.1. The molecule has 0 nitrogen and oxygen atoms in total. The number of hydrogen-bond acceptors (Lipinski definition) is 0. The van der Waals surface area contributed by atoms with E-state index in [-0.39, 0.29) is 5.82 Å². The van der Waals surface area contributed by atoms with E-state index in [0.29, 0.717) is 0 Å². The van der Waals surface area contributed by atoms with Crippen molar-refractivity contribution in [2.75, 3.05) is 0 Å². The molecule has 128 valence electrons. The fourth-order valence-corrected chi connectivity index (χ4v) is 4.12. The van der Waals surface area contributed by atoms with Crippen LogP contribution in [-0.2, 0) is 6.42 Å². The molecule has 0 heterocycles. The Labute approximate surface area is 146 Å². The third kappa shape index (κ3) is 4.69. The Bertz CT molecular complexity index is 621. The van der Waals surface area contributed by atoms with Gasteiger partial charge in [0.1, 0.15) is 5.82 Å². The van der Waals surface area contributed by atoms with Crippen LogP contribution in [0, 0.1) is 17.7 Å². The van der Waals surface area contributed by atoms with Crippen LogP contribution in [-0.4, -0.2) is 0 Å². The van der Waals surface area contributed by atoms with Crippen molar-refractivity contribution >= 4 is 0 Å². The minimum absolute atomic E-state index is 0.171. The van der Waals surface area contributed by atoms with E-state index in [4.69, 9.17) is 0 Å². The van der Waals surface area contributed by atoms with Crippen LogP contribution < -0.4 is 0 Å². The van der Waals surface area contributed by atoms with Crippen molar-refractivity contribution < 1.29 is 4.39 Å². The molecule has 0 radical (unpaired) electrons. The van der Waals surface area contributed by atoms with Gasteiger partial charge in [-0.15, -0.1) is 0 Å². The van der Waals surface area contributed by atoms with Gasteiger partial charge in [-0.1, -0.05) is 81.8 Å². The SMILES string of the molecule is CCCC1CCC(CCc2ccc(-c3cccc(F)c3)cc2)CC1. The molecule has 0 N–H and O–H groups in total. The van der Waals surface area contributed by atoms with E-state index in [1.165, 1.54) is 63.0 Å². The van der Waals surface area contributed by atoms with Gasteiger partial charge in [-0.05, 0) is 53.5 Å². The molecule has 2 aromatic rings. The molecule has 0 spiro atoms. The lowest BCUT2D eigenvalue weighted by atomic mass is 9.78. The smallest absolute Gasteiger partial charge is 0.123 e. The topological polar surface area (TPSA) is 0 Å². The standard InChI is InChI=1S/C23H29F/c1-2-4-18-7-9-19(10-8-18)11-12-20-13-15-21(16-14-20)22-5-3-6-23(24)17-22/h3,5-6,13-19H,2,4,7-12H2,1H3. The minimum atomic E-state index is -0.171. The van der Waals surface area contributed by atoms with Crippen molar-refractivity contribution in [3.05, 3.63) is 59.9 Å². The fraction of sp³-hybridized carbons (Fsp3) is 0.478. The van der Waals surface area contributed by atoms with Crippen molar-refractivity contribution in [2.24, 2.45) is 11.8 Å². The first-order valence-electron chi connectivity index (χ1n) is 9.59. The molecule has 2 aromatic carbocycles. The van der Waals surface area contributed by atoms with E-state index in [1.807, 2.05) is 6.07 Å². The summed E-state index contributed by atoms with van der Waals surface area (Å²) in [5.74, 6) is 1.74. The third-order valence-corrected chi connectivity index (χ3v) is 5.62. The first kappa shape index (κ1) is 17.2. The highest BCUT2D eigenvalue weighted by Crippen LogP contribution is 2.34. The van der Waals surface area contributed by atoms with Gasteiger partial charge in [-0.2, -0.15) is 0 Å². The molecule has 3 rings (SSSR count). The van der Waals surface area contributed by atoms with Crippen LogP contribution >= 0.6 is 0 Å². The maximum absolute atomic E-state index is 13.3. The average Bonchev–Trinajstić information content (AvgIpc) is 2.62. The van der Waals surface area contributed by atoms with Gasteiger partial charge in [-0.25, -0.2) is 4.39 Å². The summed E-state index contributed by atoms with van der Waals surface area (Å²) in [6, 6.07) is 15.5. The average molecular weight is 324 g/mol. The number of hydrogen-bond donors (Lipinski definition) is 0. The van der Waals surface area contributed by atoms with Crippen LogP contribution in [0.5, 0.6) is 0 Å². The molecule has 0 unspecified atom stereocenters. The van der Waals surface area contributed by atoms with Gasteiger partial charge < -0.3 is 0 Å². The molecule has 0 saturated heterocycles. The van der Waals surface area contributed by atoms with Crippen molar-refractivity contribution in [1.82, 2.24) is 0 Å². The van der Waals surface area contributed by atoms with E-state index in [1.54, 1.807) is 12.1 Å². The number of rotatable bonds is 6. The maximum atomic E-state index is 13.3. The maximum Gasteiger partial charge on any atom is 0.123 e.